The molecule has 0 spiro atoms. The van der Waals surface area contributed by atoms with Gasteiger partial charge in [-0.15, -0.1) is 0 Å². The van der Waals surface area contributed by atoms with E-state index in [0.29, 0.717) is 16.8 Å². The van der Waals surface area contributed by atoms with E-state index in [-0.39, 0.29) is 5.91 Å². The Morgan fingerprint density at radius 1 is 0.900 bits per heavy atom. The summed E-state index contributed by atoms with van der Waals surface area (Å²) in [6.45, 7) is 3.19. The smallest absolute Gasteiger partial charge is 0.257 e. The number of nitrogens with zero attached hydrogens (tertiary/aromatic N) is 2. The molecule has 0 saturated carbocycles. The van der Waals surface area contributed by atoms with E-state index in [1.54, 1.807) is 36.5 Å². The summed E-state index contributed by atoms with van der Waals surface area (Å²) < 4.78 is 5.38. The van der Waals surface area contributed by atoms with Crippen molar-refractivity contribution in [3.05, 3.63) is 78.1 Å². The van der Waals surface area contributed by atoms with Gasteiger partial charge in [0.05, 0.1) is 18.8 Å². The number of nitrogens with one attached hydrogen (secondary N) is 1. The fraction of sp³-hybridized carbons (Fsp3) is 0.174. The lowest BCUT2D eigenvalue weighted by Crippen LogP contribution is -2.36. The van der Waals surface area contributed by atoms with E-state index in [1.807, 2.05) is 24.3 Å². The zero-order chi connectivity index (χ0) is 20.9. The third kappa shape index (κ3) is 4.47. The second kappa shape index (κ2) is 8.75. The number of carbonyl (C=O) groups is 2. The summed E-state index contributed by atoms with van der Waals surface area (Å²) in [5.41, 5.74) is 9.61. The molecule has 1 saturated heterocycles. The summed E-state index contributed by atoms with van der Waals surface area (Å²) in [6.07, 6.45) is 3.20. The van der Waals surface area contributed by atoms with E-state index in [1.165, 1.54) is 6.20 Å². The molecule has 2 aromatic carbocycles. The van der Waals surface area contributed by atoms with Crippen LogP contribution < -0.4 is 16.0 Å². The Bertz CT molecular complexity index is 1040. The number of benzene rings is 2. The number of primary amides is 1. The summed E-state index contributed by atoms with van der Waals surface area (Å²) >= 11 is 0. The predicted molar refractivity (Wildman–Crippen MR) is 116 cm³/mol. The number of carbonyl (C=O) groups excluding carboxylic acids is 2. The van der Waals surface area contributed by atoms with Crippen molar-refractivity contribution >= 4 is 23.2 Å². The lowest BCUT2D eigenvalue weighted by Gasteiger charge is -2.28. The molecule has 0 radical (unpaired) electrons. The topological polar surface area (TPSA) is 97.6 Å². The fourth-order valence-electron chi connectivity index (χ4n) is 3.33. The Balaban J connectivity index is 1.46. The molecule has 3 aromatic rings. The SMILES string of the molecule is NC(=O)c1ccc(-c2cncc(C(=O)Nc3ccc(N4CCOCC4)cc3)c2)cc1. The molecule has 3 N–H and O–H groups in total. The standard InChI is InChI=1S/C23H22N4O3/c24-22(28)17-3-1-16(2-4-17)18-13-19(15-25-14-18)23(29)26-20-5-7-21(8-6-20)27-9-11-30-12-10-27/h1-8,13-15H,9-12H2,(H2,24,28)(H,26,29). The number of rotatable bonds is 5. The van der Waals surface area contributed by atoms with Gasteiger partial charge in [-0.25, -0.2) is 0 Å². The fourth-order valence-corrected chi connectivity index (χ4v) is 3.33. The molecule has 2 amide bonds. The van der Waals surface area contributed by atoms with Crippen LogP contribution in [0.5, 0.6) is 0 Å². The molecule has 2 heterocycles. The minimum absolute atomic E-state index is 0.239. The first kappa shape index (κ1) is 19.6. The number of pyridine rings is 1. The molecular weight excluding hydrogens is 380 g/mol. The molecule has 152 valence electrons. The van der Waals surface area contributed by atoms with E-state index in [4.69, 9.17) is 10.5 Å². The Labute approximate surface area is 174 Å². The average Bonchev–Trinajstić information content (AvgIpc) is 2.80. The highest BCUT2D eigenvalue weighted by atomic mass is 16.5. The summed E-state index contributed by atoms with van der Waals surface area (Å²) in [4.78, 5) is 30.4. The molecule has 1 aliphatic rings. The molecule has 0 unspecified atom stereocenters. The van der Waals surface area contributed by atoms with Gasteiger partial charge in [-0.1, -0.05) is 12.1 Å². The van der Waals surface area contributed by atoms with Gasteiger partial charge in [0.2, 0.25) is 5.91 Å². The number of aromatic nitrogens is 1. The molecule has 1 aliphatic heterocycles. The van der Waals surface area contributed by atoms with Crippen molar-refractivity contribution in [1.82, 2.24) is 4.98 Å². The maximum absolute atomic E-state index is 12.7. The Morgan fingerprint density at radius 2 is 1.60 bits per heavy atom. The largest absolute Gasteiger partial charge is 0.378 e. The van der Waals surface area contributed by atoms with Crippen LogP contribution in [-0.4, -0.2) is 43.1 Å². The highest BCUT2D eigenvalue weighted by Gasteiger charge is 2.12. The Hall–Kier alpha value is -3.71. The van der Waals surface area contributed by atoms with E-state index in [9.17, 15) is 9.59 Å². The van der Waals surface area contributed by atoms with Gasteiger partial charge >= 0.3 is 0 Å². The van der Waals surface area contributed by atoms with Crippen molar-refractivity contribution in [2.45, 2.75) is 0 Å². The van der Waals surface area contributed by atoms with E-state index in [2.05, 4.69) is 15.2 Å². The zero-order valence-electron chi connectivity index (χ0n) is 16.4. The van der Waals surface area contributed by atoms with Crippen LogP contribution >= 0.6 is 0 Å². The van der Waals surface area contributed by atoms with Crippen LogP contribution in [0.25, 0.3) is 11.1 Å². The summed E-state index contributed by atoms with van der Waals surface area (Å²) in [6, 6.07) is 16.4. The van der Waals surface area contributed by atoms with Gasteiger partial charge < -0.3 is 20.7 Å². The zero-order valence-corrected chi connectivity index (χ0v) is 16.4. The van der Waals surface area contributed by atoms with E-state index < -0.39 is 5.91 Å². The first-order valence-corrected chi connectivity index (χ1v) is 9.69. The molecule has 0 atom stereocenters. The maximum atomic E-state index is 12.7. The lowest BCUT2D eigenvalue weighted by molar-refractivity contribution is 0.0997. The molecule has 7 heteroatoms. The Morgan fingerprint density at radius 3 is 2.27 bits per heavy atom. The van der Waals surface area contributed by atoms with Crippen LogP contribution in [0.15, 0.2) is 67.0 Å². The first-order chi connectivity index (χ1) is 14.6. The van der Waals surface area contributed by atoms with Crippen molar-refractivity contribution in [3.8, 4) is 11.1 Å². The minimum Gasteiger partial charge on any atom is -0.378 e. The number of hydrogen-bond donors (Lipinski definition) is 2. The van der Waals surface area contributed by atoms with Crippen LogP contribution in [0.1, 0.15) is 20.7 Å². The summed E-state index contributed by atoms with van der Waals surface area (Å²) in [5.74, 6) is -0.718. The molecule has 4 rings (SSSR count). The molecule has 1 aromatic heterocycles. The van der Waals surface area contributed by atoms with Crippen molar-refractivity contribution < 1.29 is 14.3 Å². The summed E-state index contributed by atoms with van der Waals surface area (Å²) in [7, 11) is 0. The van der Waals surface area contributed by atoms with Gasteiger partial charge in [0.1, 0.15) is 0 Å². The van der Waals surface area contributed by atoms with Crippen molar-refractivity contribution in [2.24, 2.45) is 5.73 Å². The minimum atomic E-state index is -0.479. The molecule has 0 bridgehead atoms. The number of ether oxygens (including phenoxy) is 1. The van der Waals surface area contributed by atoms with Crippen LogP contribution in [0.4, 0.5) is 11.4 Å². The van der Waals surface area contributed by atoms with Crippen molar-refractivity contribution in [2.75, 3.05) is 36.5 Å². The van der Waals surface area contributed by atoms with E-state index in [0.717, 1.165) is 43.1 Å². The Kier molecular flexibility index (Phi) is 5.72. The quantitative estimate of drug-likeness (QED) is 0.684. The van der Waals surface area contributed by atoms with Crippen LogP contribution in [0.2, 0.25) is 0 Å². The predicted octanol–water partition coefficient (Wildman–Crippen LogP) is 2.94. The van der Waals surface area contributed by atoms with Crippen molar-refractivity contribution in [3.63, 3.8) is 0 Å². The number of anilines is 2. The normalized spacial score (nSPS) is 13.7. The van der Waals surface area contributed by atoms with Gasteiger partial charge in [-0.3, -0.25) is 14.6 Å². The number of nitrogens with two attached hydrogens (primary N) is 1. The molecular formula is C23H22N4O3. The van der Waals surface area contributed by atoms with Gasteiger partial charge in [-0.05, 0) is 48.0 Å². The van der Waals surface area contributed by atoms with Crippen LogP contribution in [-0.2, 0) is 4.74 Å². The van der Waals surface area contributed by atoms with Crippen LogP contribution in [0.3, 0.4) is 0 Å². The third-order valence-electron chi connectivity index (χ3n) is 5.00. The third-order valence-corrected chi connectivity index (χ3v) is 5.00. The monoisotopic (exact) mass is 402 g/mol. The molecule has 1 fully saturated rings. The van der Waals surface area contributed by atoms with Gasteiger partial charge in [0.15, 0.2) is 0 Å². The highest BCUT2D eigenvalue weighted by Crippen LogP contribution is 2.22. The lowest BCUT2D eigenvalue weighted by atomic mass is 10.0. The highest BCUT2D eigenvalue weighted by molar-refractivity contribution is 6.04. The number of morpholine rings is 1. The van der Waals surface area contributed by atoms with E-state index >= 15 is 0 Å². The second-order valence-corrected chi connectivity index (χ2v) is 7.00. The van der Waals surface area contributed by atoms with Gasteiger partial charge in [0, 0.05) is 48.0 Å². The number of hydrogen-bond acceptors (Lipinski definition) is 5. The van der Waals surface area contributed by atoms with Crippen molar-refractivity contribution in [1.29, 1.82) is 0 Å². The second-order valence-electron chi connectivity index (χ2n) is 7.00. The molecule has 30 heavy (non-hydrogen) atoms. The van der Waals surface area contributed by atoms with Crippen LogP contribution in [0, 0.1) is 0 Å². The number of amides is 2. The van der Waals surface area contributed by atoms with Gasteiger partial charge in [-0.2, -0.15) is 0 Å². The average molecular weight is 402 g/mol. The molecule has 7 nitrogen and oxygen atoms in total. The maximum Gasteiger partial charge on any atom is 0.257 e. The first-order valence-electron chi connectivity index (χ1n) is 9.69. The van der Waals surface area contributed by atoms with Gasteiger partial charge in [0.25, 0.3) is 5.91 Å². The summed E-state index contributed by atoms with van der Waals surface area (Å²) in [5, 5.41) is 2.91. The molecule has 0 aliphatic carbocycles.